The lowest BCUT2D eigenvalue weighted by atomic mass is 9.89. The van der Waals surface area contributed by atoms with Crippen LogP contribution in [0.3, 0.4) is 0 Å². The second-order valence-electron chi connectivity index (χ2n) is 4.01. The van der Waals surface area contributed by atoms with Gasteiger partial charge in [0.1, 0.15) is 0 Å². The molecule has 0 unspecified atom stereocenters. The molecule has 3 heteroatoms. The van der Waals surface area contributed by atoms with Gasteiger partial charge in [-0.25, -0.2) is 0 Å². The van der Waals surface area contributed by atoms with Crippen LogP contribution in [0, 0.1) is 9.52 Å². The van der Waals surface area contributed by atoms with Gasteiger partial charge in [0.05, 0.1) is 3.57 Å². The SMILES string of the molecule is Cn1cc(C(C)(C)C)c(I)c1F. The van der Waals surface area contributed by atoms with Crippen molar-refractivity contribution in [3.63, 3.8) is 0 Å². The van der Waals surface area contributed by atoms with Crippen molar-refractivity contribution in [1.29, 1.82) is 0 Å². The number of halogens is 2. The third kappa shape index (κ3) is 1.65. The van der Waals surface area contributed by atoms with Crippen LogP contribution in [0.2, 0.25) is 0 Å². The third-order valence-corrected chi connectivity index (χ3v) is 2.88. The van der Waals surface area contributed by atoms with E-state index in [4.69, 9.17) is 0 Å². The first kappa shape index (κ1) is 10.0. The lowest BCUT2D eigenvalue weighted by Gasteiger charge is -2.16. The van der Waals surface area contributed by atoms with Crippen LogP contribution in [0.4, 0.5) is 4.39 Å². The number of aryl methyl sites for hydroxylation is 1. The summed E-state index contributed by atoms with van der Waals surface area (Å²) in [6.07, 6.45) is 1.86. The van der Waals surface area contributed by atoms with Crippen LogP contribution in [0.25, 0.3) is 0 Å². The van der Waals surface area contributed by atoms with E-state index < -0.39 is 0 Å². The van der Waals surface area contributed by atoms with Gasteiger partial charge in [0.2, 0.25) is 5.95 Å². The first-order valence-electron chi connectivity index (χ1n) is 3.85. The zero-order chi connectivity index (χ0) is 9.52. The van der Waals surface area contributed by atoms with E-state index >= 15 is 0 Å². The first-order chi connectivity index (χ1) is 5.34. The fourth-order valence-electron chi connectivity index (χ4n) is 1.10. The summed E-state index contributed by atoms with van der Waals surface area (Å²) in [6.45, 7) is 6.26. The number of nitrogens with zero attached hydrogens (tertiary/aromatic N) is 1. The smallest absolute Gasteiger partial charge is 0.207 e. The van der Waals surface area contributed by atoms with Crippen LogP contribution in [0.15, 0.2) is 6.20 Å². The number of aromatic nitrogens is 1. The first-order valence-corrected chi connectivity index (χ1v) is 4.92. The monoisotopic (exact) mass is 281 g/mol. The van der Waals surface area contributed by atoms with Crippen LogP contribution < -0.4 is 0 Å². The van der Waals surface area contributed by atoms with Crippen LogP contribution in [-0.2, 0) is 12.5 Å². The van der Waals surface area contributed by atoms with Gasteiger partial charge in [0.25, 0.3) is 0 Å². The Balaban J connectivity index is 3.28. The van der Waals surface area contributed by atoms with Gasteiger partial charge in [-0.15, -0.1) is 0 Å². The van der Waals surface area contributed by atoms with Gasteiger partial charge in [-0.3, -0.25) is 0 Å². The molecule has 1 aromatic heterocycles. The van der Waals surface area contributed by atoms with E-state index in [9.17, 15) is 4.39 Å². The van der Waals surface area contributed by atoms with Gasteiger partial charge in [-0.05, 0) is 33.6 Å². The normalized spacial score (nSPS) is 12.2. The Morgan fingerprint density at radius 3 is 2.08 bits per heavy atom. The molecular formula is C9H13FIN. The largest absolute Gasteiger partial charge is 0.327 e. The Labute approximate surface area is 86.1 Å². The minimum absolute atomic E-state index is 0.0264. The molecule has 0 aliphatic heterocycles. The molecule has 0 fully saturated rings. The van der Waals surface area contributed by atoms with Gasteiger partial charge >= 0.3 is 0 Å². The van der Waals surface area contributed by atoms with Crippen molar-refractivity contribution in [2.45, 2.75) is 26.2 Å². The highest BCUT2D eigenvalue weighted by atomic mass is 127. The van der Waals surface area contributed by atoms with Crippen LogP contribution in [-0.4, -0.2) is 4.57 Å². The van der Waals surface area contributed by atoms with Crippen molar-refractivity contribution in [1.82, 2.24) is 4.57 Å². The molecule has 1 rings (SSSR count). The highest BCUT2D eigenvalue weighted by Crippen LogP contribution is 2.29. The average Bonchev–Trinajstić information content (AvgIpc) is 2.15. The summed E-state index contributed by atoms with van der Waals surface area (Å²) in [5.41, 5.74) is 1.10. The summed E-state index contributed by atoms with van der Waals surface area (Å²) in [7, 11) is 1.73. The topological polar surface area (TPSA) is 4.93 Å². The van der Waals surface area contributed by atoms with Crippen molar-refractivity contribution in [2.75, 3.05) is 0 Å². The Morgan fingerprint density at radius 1 is 1.42 bits per heavy atom. The van der Waals surface area contributed by atoms with E-state index in [1.165, 1.54) is 4.57 Å². The molecule has 0 saturated carbocycles. The Kier molecular flexibility index (Phi) is 2.52. The number of hydrogen-bond acceptors (Lipinski definition) is 0. The Morgan fingerprint density at radius 2 is 1.92 bits per heavy atom. The molecule has 0 aliphatic rings. The lowest BCUT2D eigenvalue weighted by Crippen LogP contribution is -2.11. The molecule has 68 valence electrons. The van der Waals surface area contributed by atoms with Crippen LogP contribution in [0.1, 0.15) is 26.3 Å². The fourth-order valence-corrected chi connectivity index (χ4v) is 2.42. The molecule has 0 N–H and O–H groups in total. The molecule has 1 nitrogen and oxygen atoms in total. The maximum Gasteiger partial charge on any atom is 0.207 e. The van der Waals surface area contributed by atoms with Gasteiger partial charge in [-0.1, -0.05) is 20.8 Å². The molecule has 1 heterocycles. The molecule has 0 spiro atoms. The lowest BCUT2D eigenvalue weighted by molar-refractivity contribution is 0.528. The van der Waals surface area contributed by atoms with E-state index in [0.29, 0.717) is 0 Å². The molecule has 1 aromatic rings. The van der Waals surface area contributed by atoms with Crippen molar-refractivity contribution in [3.05, 3.63) is 21.3 Å². The summed E-state index contributed by atoms with van der Waals surface area (Å²) >= 11 is 2.06. The molecule has 0 aromatic carbocycles. The Hall–Kier alpha value is -0.0600. The minimum Gasteiger partial charge on any atom is -0.327 e. The van der Waals surface area contributed by atoms with Crippen LogP contribution >= 0.6 is 22.6 Å². The molecule has 0 bridgehead atoms. The second-order valence-corrected chi connectivity index (χ2v) is 5.09. The van der Waals surface area contributed by atoms with Gasteiger partial charge in [-0.2, -0.15) is 4.39 Å². The highest BCUT2D eigenvalue weighted by molar-refractivity contribution is 14.1. The number of rotatable bonds is 0. The summed E-state index contributed by atoms with van der Waals surface area (Å²) in [5.74, 6) is -0.138. The molecule has 0 aliphatic carbocycles. The van der Waals surface area contributed by atoms with Crippen molar-refractivity contribution >= 4 is 22.6 Å². The Bertz CT molecular complexity index is 296. The number of hydrogen-bond donors (Lipinski definition) is 0. The summed E-state index contributed by atoms with van der Waals surface area (Å²) in [6, 6.07) is 0. The average molecular weight is 281 g/mol. The zero-order valence-electron chi connectivity index (χ0n) is 7.78. The second kappa shape index (κ2) is 3.01. The standard InChI is InChI=1S/C9H13FIN/c1-9(2,3)6-5-12(4)8(10)7(6)11/h5H,1-4H3. The van der Waals surface area contributed by atoms with Crippen molar-refractivity contribution in [2.24, 2.45) is 7.05 Å². The fraction of sp³-hybridized carbons (Fsp3) is 0.556. The molecular weight excluding hydrogens is 268 g/mol. The maximum absolute atomic E-state index is 13.2. The van der Waals surface area contributed by atoms with E-state index in [-0.39, 0.29) is 11.4 Å². The molecule has 0 radical (unpaired) electrons. The molecule has 12 heavy (non-hydrogen) atoms. The van der Waals surface area contributed by atoms with Crippen molar-refractivity contribution < 1.29 is 4.39 Å². The molecule has 0 saturated heterocycles. The third-order valence-electron chi connectivity index (χ3n) is 1.86. The highest BCUT2D eigenvalue weighted by Gasteiger charge is 2.21. The van der Waals surface area contributed by atoms with Gasteiger partial charge in [0.15, 0.2) is 0 Å². The summed E-state index contributed by atoms with van der Waals surface area (Å²) < 4.78 is 15.5. The quantitative estimate of drug-likeness (QED) is 0.644. The minimum atomic E-state index is -0.138. The van der Waals surface area contributed by atoms with Gasteiger partial charge in [0, 0.05) is 13.2 Å². The van der Waals surface area contributed by atoms with E-state index in [1.807, 2.05) is 6.20 Å². The van der Waals surface area contributed by atoms with E-state index in [1.54, 1.807) is 7.05 Å². The predicted molar refractivity (Wildman–Crippen MR) is 56.8 cm³/mol. The van der Waals surface area contributed by atoms with E-state index in [0.717, 1.165) is 9.13 Å². The predicted octanol–water partition coefficient (Wildman–Crippen LogP) is 3.07. The van der Waals surface area contributed by atoms with Gasteiger partial charge < -0.3 is 4.57 Å². The van der Waals surface area contributed by atoms with Crippen molar-refractivity contribution in [3.8, 4) is 0 Å². The molecule has 0 atom stereocenters. The molecule has 0 amide bonds. The zero-order valence-corrected chi connectivity index (χ0v) is 9.94. The maximum atomic E-state index is 13.2. The van der Waals surface area contributed by atoms with E-state index in [2.05, 4.69) is 43.4 Å². The van der Waals surface area contributed by atoms with Crippen LogP contribution in [0.5, 0.6) is 0 Å². The summed E-state index contributed by atoms with van der Waals surface area (Å²) in [5, 5.41) is 0. The summed E-state index contributed by atoms with van der Waals surface area (Å²) in [4.78, 5) is 0.